The van der Waals surface area contributed by atoms with Crippen molar-refractivity contribution in [2.24, 2.45) is 0 Å². The molecule has 0 atom stereocenters. The van der Waals surface area contributed by atoms with E-state index in [0.29, 0.717) is 12.2 Å². The van der Waals surface area contributed by atoms with Crippen molar-refractivity contribution < 1.29 is 19.1 Å². The smallest absolute Gasteiger partial charge is 0.338 e. The van der Waals surface area contributed by atoms with Gasteiger partial charge in [0.2, 0.25) is 0 Å². The Morgan fingerprint density at radius 1 is 1.05 bits per heavy atom. The molecule has 0 fully saturated rings. The summed E-state index contributed by atoms with van der Waals surface area (Å²) in [5, 5.41) is 0. The number of ether oxygens (including phenoxy) is 2. The predicted molar refractivity (Wildman–Crippen MR) is 79.0 cm³/mol. The highest BCUT2D eigenvalue weighted by molar-refractivity contribution is 5.91. The first-order valence-corrected chi connectivity index (χ1v) is 6.55. The normalized spacial score (nSPS) is 9.35. The molecule has 1 aromatic rings. The maximum Gasteiger partial charge on any atom is 0.338 e. The lowest BCUT2D eigenvalue weighted by molar-refractivity contribution is -0.137. The van der Waals surface area contributed by atoms with Gasteiger partial charge in [-0.3, -0.25) is 4.79 Å². The van der Waals surface area contributed by atoms with Gasteiger partial charge in [-0.2, -0.15) is 0 Å². The van der Waals surface area contributed by atoms with Gasteiger partial charge in [0.15, 0.2) is 0 Å². The highest BCUT2D eigenvalue weighted by atomic mass is 16.5. The van der Waals surface area contributed by atoms with Crippen LogP contribution in [0.3, 0.4) is 0 Å². The Labute approximate surface area is 121 Å². The number of methoxy groups -OCH3 is 1. The number of carbonyl (C=O) groups is 2. The zero-order chi connectivity index (χ0) is 15.9. The Hall–Kier alpha value is -1.84. The van der Waals surface area contributed by atoms with E-state index in [2.05, 4.69) is 11.7 Å². The van der Waals surface area contributed by atoms with E-state index in [1.165, 1.54) is 25.2 Å². The molecule has 0 radical (unpaired) electrons. The zero-order valence-electron chi connectivity index (χ0n) is 13.4. The molecule has 0 heterocycles. The van der Waals surface area contributed by atoms with Crippen molar-refractivity contribution in [2.45, 2.75) is 41.5 Å². The minimum absolute atomic E-state index is 0.221. The van der Waals surface area contributed by atoms with E-state index in [4.69, 9.17) is 4.74 Å². The average Bonchev–Trinajstić information content (AvgIpc) is 2.41. The summed E-state index contributed by atoms with van der Waals surface area (Å²) in [5.41, 5.74) is 5.29. The summed E-state index contributed by atoms with van der Waals surface area (Å²) in [6.45, 7) is 11.7. The van der Waals surface area contributed by atoms with Crippen molar-refractivity contribution in [3.8, 4) is 0 Å². The maximum absolute atomic E-state index is 11.7. The topological polar surface area (TPSA) is 52.6 Å². The van der Waals surface area contributed by atoms with Crippen molar-refractivity contribution in [1.29, 1.82) is 0 Å². The molecule has 0 unspecified atom stereocenters. The van der Waals surface area contributed by atoms with Gasteiger partial charge in [-0.15, -0.1) is 0 Å². The molecule has 4 heteroatoms. The fourth-order valence-corrected chi connectivity index (χ4v) is 1.63. The number of hydrogen-bond acceptors (Lipinski definition) is 4. The minimum atomic E-state index is -0.245. The van der Waals surface area contributed by atoms with E-state index >= 15 is 0 Å². The van der Waals surface area contributed by atoms with Crippen LogP contribution >= 0.6 is 0 Å². The quantitative estimate of drug-likeness (QED) is 0.780. The molecule has 0 amide bonds. The van der Waals surface area contributed by atoms with Crippen LogP contribution in [0.1, 0.15) is 46.5 Å². The number of esters is 2. The molecule has 0 saturated carbocycles. The van der Waals surface area contributed by atoms with Gasteiger partial charge in [0.1, 0.15) is 0 Å². The Morgan fingerprint density at radius 2 is 1.55 bits per heavy atom. The van der Waals surface area contributed by atoms with Gasteiger partial charge >= 0.3 is 11.9 Å². The minimum Gasteiger partial charge on any atom is -0.469 e. The molecular formula is C16H24O4. The van der Waals surface area contributed by atoms with Crippen molar-refractivity contribution >= 4 is 11.9 Å². The van der Waals surface area contributed by atoms with Gasteiger partial charge in [0, 0.05) is 6.92 Å². The van der Waals surface area contributed by atoms with E-state index in [0.717, 1.165) is 11.1 Å². The Kier molecular flexibility index (Phi) is 7.59. The fourth-order valence-electron chi connectivity index (χ4n) is 1.63. The zero-order valence-corrected chi connectivity index (χ0v) is 13.4. The standard InChI is InChI=1S/C13H18O2.C3H6O2/c1-6-15-13(14)12-7-8(2)9(3)10(4)11(12)5;1-3(4)5-2/h7H,6H2,1-5H3;1-2H3. The molecule has 0 saturated heterocycles. The van der Waals surface area contributed by atoms with Gasteiger partial charge < -0.3 is 9.47 Å². The molecule has 0 aromatic heterocycles. The molecule has 0 aliphatic rings. The van der Waals surface area contributed by atoms with Crippen molar-refractivity contribution in [1.82, 2.24) is 0 Å². The van der Waals surface area contributed by atoms with Gasteiger partial charge in [-0.1, -0.05) is 0 Å². The molecule has 0 aliphatic carbocycles. The van der Waals surface area contributed by atoms with Crippen LogP contribution in [-0.4, -0.2) is 25.7 Å². The molecule has 1 rings (SSSR count). The highest BCUT2D eigenvalue weighted by Crippen LogP contribution is 2.21. The number of benzene rings is 1. The van der Waals surface area contributed by atoms with Crippen LogP contribution in [-0.2, 0) is 14.3 Å². The van der Waals surface area contributed by atoms with Crippen LogP contribution in [0.15, 0.2) is 6.07 Å². The summed E-state index contributed by atoms with van der Waals surface area (Å²) < 4.78 is 9.13. The summed E-state index contributed by atoms with van der Waals surface area (Å²) >= 11 is 0. The van der Waals surface area contributed by atoms with E-state index in [9.17, 15) is 9.59 Å². The van der Waals surface area contributed by atoms with E-state index in [-0.39, 0.29) is 11.9 Å². The number of carbonyl (C=O) groups excluding carboxylic acids is 2. The van der Waals surface area contributed by atoms with Crippen LogP contribution in [0.4, 0.5) is 0 Å². The van der Waals surface area contributed by atoms with Crippen LogP contribution in [0.2, 0.25) is 0 Å². The molecule has 0 spiro atoms. The van der Waals surface area contributed by atoms with Crippen molar-refractivity contribution in [3.05, 3.63) is 33.9 Å². The van der Waals surface area contributed by atoms with E-state index in [1.54, 1.807) is 0 Å². The number of rotatable bonds is 2. The van der Waals surface area contributed by atoms with Crippen molar-refractivity contribution in [2.75, 3.05) is 13.7 Å². The molecule has 1 aromatic carbocycles. The van der Waals surface area contributed by atoms with E-state index in [1.807, 2.05) is 33.8 Å². The number of hydrogen-bond donors (Lipinski definition) is 0. The molecular weight excluding hydrogens is 256 g/mol. The van der Waals surface area contributed by atoms with Crippen LogP contribution < -0.4 is 0 Å². The van der Waals surface area contributed by atoms with Gasteiger partial charge in [0.25, 0.3) is 0 Å². The Bertz CT molecular complexity index is 490. The molecule has 112 valence electrons. The average molecular weight is 280 g/mol. The first-order valence-electron chi connectivity index (χ1n) is 6.55. The largest absolute Gasteiger partial charge is 0.469 e. The van der Waals surface area contributed by atoms with E-state index < -0.39 is 0 Å². The predicted octanol–water partition coefficient (Wildman–Crippen LogP) is 3.28. The third-order valence-electron chi connectivity index (χ3n) is 3.26. The van der Waals surface area contributed by atoms with Crippen molar-refractivity contribution in [3.63, 3.8) is 0 Å². The summed E-state index contributed by atoms with van der Waals surface area (Å²) in [7, 11) is 1.35. The van der Waals surface area contributed by atoms with Crippen LogP contribution in [0, 0.1) is 27.7 Å². The molecule has 0 aliphatic heterocycles. The molecule has 0 bridgehead atoms. The number of aryl methyl sites for hydroxylation is 1. The van der Waals surface area contributed by atoms with Crippen LogP contribution in [0.25, 0.3) is 0 Å². The lowest BCUT2D eigenvalue weighted by Gasteiger charge is -2.13. The third kappa shape index (κ3) is 5.03. The lowest BCUT2D eigenvalue weighted by atomic mass is 9.95. The van der Waals surface area contributed by atoms with Gasteiger partial charge in [-0.25, -0.2) is 4.79 Å². The molecule has 4 nitrogen and oxygen atoms in total. The molecule has 0 N–H and O–H groups in total. The second-order valence-electron chi connectivity index (χ2n) is 4.53. The monoisotopic (exact) mass is 280 g/mol. The first-order chi connectivity index (χ1) is 9.26. The highest BCUT2D eigenvalue weighted by Gasteiger charge is 2.14. The van der Waals surface area contributed by atoms with Crippen LogP contribution in [0.5, 0.6) is 0 Å². The summed E-state index contributed by atoms with van der Waals surface area (Å²) in [6.07, 6.45) is 0. The second-order valence-corrected chi connectivity index (χ2v) is 4.53. The first kappa shape index (κ1) is 18.2. The summed E-state index contributed by atoms with van der Waals surface area (Å²) in [5.74, 6) is -0.466. The Morgan fingerprint density at radius 3 is 1.95 bits per heavy atom. The lowest BCUT2D eigenvalue weighted by Crippen LogP contribution is -2.09. The SMILES string of the molecule is CCOC(=O)c1cc(C)c(C)c(C)c1C.COC(C)=O. The third-order valence-corrected chi connectivity index (χ3v) is 3.26. The maximum atomic E-state index is 11.7. The fraction of sp³-hybridized carbons (Fsp3) is 0.500. The summed E-state index contributed by atoms with van der Waals surface area (Å²) in [4.78, 5) is 21.2. The Balaban J connectivity index is 0.000000621. The second kappa shape index (κ2) is 8.35. The summed E-state index contributed by atoms with van der Waals surface area (Å²) in [6, 6.07) is 1.91. The van der Waals surface area contributed by atoms with Gasteiger partial charge in [0.05, 0.1) is 19.3 Å². The molecule has 20 heavy (non-hydrogen) atoms. The van der Waals surface area contributed by atoms with Gasteiger partial charge in [-0.05, 0) is 62.9 Å².